The molecule has 0 unspecified atom stereocenters. The monoisotopic (exact) mass is 657 g/mol. The third-order valence-electron chi connectivity index (χ3n) is 9.47. The Hall–Kier alpha value is -3.88. The highest BCUT2D eigenvalue weighted by molar-refractivity contribution is 5.80. The number of ether oxygens (including phenoxy) is 1. The summed E-state index contributed by atoms with van der Waals surface area (Å²) in [6.45, 7) is 4.16. The first kappa shape index (κ1) is 36.0. The molecular weight excluding hydrogens is 602 g/mol. The van der Waals surface area contributed by atoms with E-state index in [1.165, 1.54) is 11.0 Å². The van der Waals surface area contributed by atoms with Gasteiger partial charge >= 0.3 is 5.69 Å². The van der Waals surface area contributed by atoms with Gasteiger partial charge in [0, 0.05) is 62.7 Å². The van der Waals surface area contributed by atoms with Gasteiger partial charge in [-0.15, -0.1) is 0 Å². The van der Waals surface area contributed by atoms with Crippen LogP contribution in [0.3, 0.4) is 0 Å². The van der Waals surface area contributed by atoms with Gasteiger partial charge in [0.15, 0.2) is 11.9 Å². The Bertz CT molecular complexity index is 1270. The van der Waals surface area contributed by atoms with Gasteiger partial charge in [0.05, 0.1) is 12.1 Å². The van der Waals surface area contributed by atoms with Gasteiger partial charge in [0.1, 0.15) is 12.0 Å². The molecule has 1 aromatic heterocycles. The van der Waals surface area contributed by atoms with E-state index >= 15 is 0 Å². The second-order valence-corrected chi connectivity index (χ2v) is 13.1. The average molecular weight is 658 g/mol. The predicted molar refractivity (Wildman–Crippen MR) is 183 cm³/mol. The maximum absolute atomic E-state index is 13.6. The number of aromatic nitrogens is 2. The molecule has 0 spiro atoms. The zero-order valence-corrected chi connectivity index (χ0v) is 27.9. The molecule has 3 atom stereocenters. The molecule has 47 heavy (non-hydrogen) atoms. The molecule has 10 N–H and O–H groups in total. The fourth-order valence-electron chi connectivity index (χ4n) is 6.97. The molecule has 1 aromatic rings. The quantitative estimate of drug-likeness (QED) is 0.0879. The van der Waals surface area contributed by atoms with Crippen molar-refractivity contribution in [3.05, 3.63) is 22.2 Å². The Balaban J connectivity index is 1.49. The minimum atomic E-state index is -0.645. The van der Waals surface area contributed by atoms with Crippen molar-refractivity contribution >= 4 is 29.6 Å². The minimum absolute atomic E-state index is 0.0140. The van der Waals surface area contributed by atoms with Crippen molar-refractivity contribution in [1.29, 1.82) is 0 Å². The molecule has 0 aromatic carbocycles. The number of guanidine groups is 2. The maximum Gasteiger partial charge on any atom is 0.351 e. The summed E-state index contributed by atoms with van der Waals surface area (Å²) in [7, 11) is 0. The molecule has 1 saturated heterocycles. The first-order valence-electron chi connectivity index (χ1n) is 17.3. The van der Waals surface area contributed by atoms with E-state index in [1.54, 1.807) is 6.20 Å². The van der Waals surface area contributed by atoms with Crippen LogP contribution in [-0.2, 0) is 14.3 Å². The number of hydrogen-bond acceptors (Lipinski definition) is 8. The number of nitrogens with zero attached hydrogens (tertiary/aromatic N) is 5. The van der Waals surface area contributed by atoms with Crippen molar-refractivity contribution in [2.75, 3.05) is 37.6 Å². The van der Waals surface area contributed by atoms with Crippen LogP contribution in [0.1, 0.15) is 95.3 Å². The van der Waals surface area contributed by atoms with Crippen LogP contribution in [0.4, 0.5) is 5.82 Å². The fraction of sp³-hybridized carbons (Fsp3) is 0.750. The summed E-state index contributed by atoms with van der Waals surface area (Å²) in [5.41, 5.74) is 22.3. The lowest BCUT2D eigenvalue weighted by Gasteiger charge is -2.26. The topological polar surface area (TPSA) is 234 Å². The zero-order chi connectivity index (χ0) is 33.8. The van der Waals surface area contributed by atoms with E-state index < -0.39 is 18.0 Å². The van der Waals surface area contributed by atoms with Crippen molar-refractivity contribution in [1.82, 2.24) is 20.2 Å². The molecule has 3 aliphatic rings. The molecule has 3 fully saturated rings. The van der Waals surface area contributed by atoms with Crippen LogP contribution in [0.5, 0.6) is 0 Å². The standard InChI is InChI=1S/C32H55N11O4/c1-21-20-43(32(46)41-27(21)42(16-8-14-37-30(33)34)17-9-15-38-31(35)36)26-18-24(40-29(45)23-12-6-3-7-13-23)25(47-26)19-39-28(44)22-10-4-2-5-11-22/h20,22-26H,2-19H2,1H3,(H,39,44)(H,40,45)(H4,33,34,37)(H4,35,36,38)/t24-,25+,26+/m0/s1. The number of amides is 2. The van der Waals surface area contributed by atoms with E-state index in [1.807, 2.05) is 11.8 Å². The van der Waals surface area contributed by atoms with E-state index in [0.29, 0.717) is 51.3 Å². The Morgan fingerprint density at radius 1 is 0.915 bits per heavy atom. The van der Waals surface area contributed by atoms with Crippen molar-refractivity contribution in [2.45, 2.75) is 109 Å². The summed E-state index contributed by atoms with van der Waals surface area (Å²) in [5.74, 6) is 0.661. The number of anilines is 1. The molecule has 2 saturated carbocycles. The summed E-state index contributed by atoms with van der Waals surface area (Å²) in [5, 5.41) is 6.31. The van der Waals surface area contributed by atoms with Gasteiger partial charge in [-0.25, -0.2) is 4.79 Å². The molecule has 15 heteroatoms. The van der Waals surface area contributed by atoms with E-state index in [2.05, 4.69) is 25.6 Å². The Morgan fingerprint density at radius 3 is 2.02 bits per heavy atom. The second-order valence-electron chi connectivity index (χ2n) is 13.1. The van der Waals surface area contributed by atoms with Gasteiger partial charge in [0.2, 0.25) is 11.8 Å². The normalized spacial score (nSPS) is 21.9. The van der Waals surface area contributed by atoms with Crippen molar-refractivity contribution < 1.29 is 14.3 Å². The second kappa shape index (κ2) is 17.9. The van der Waals surface area contributed by atoms with Gasteiger partial charge < -0.3 is 43.2 Å². The summed E-state index contributed by atoms with van der Waals surface area (Å²) in [4.78, 5) is 54.4. The van der Waals surface area contributed by atoms with Crippen LogP contribution in [0.15, 0.2) is 21.0 Å². The van der Waals surface area contributed by atoms with Gasteiger partial charge in [-0.1, -0.05) is 38.5 Å². The van der Waals surface area contributed by atoms with Gasteiger partial charge in [-0.3, -0.25) is 24.1 Å². The molecule has 15 nitrogen and oxygen atoms in total. The number of aryl methyl sites for hydroxylation is 1. The van der Waals surface area contributed by atoms with E-state index in [4.69, 9.17) is 27.7 Å². The Labute approximate surface area is 277 Å². The van der Waals surface area contributed by atoms with E-state index in [9.17, 15) is 14.4 Å². The average Bonchev–Trinajstić information content (AvgIpc) is 3.46. The van der Waals surface area contributed by atoms with Crippen LogP contribution < -0.4 is 44.2 Å². The number of hydrogen-bond donors (Lipinski definition) is 6. The lowest BCUT2D eigenvalue weighted by molar-refractivity contribution is -0.127. The van der Waals surface area contributed by atoms with Gasteiger partial charge in [-0.2, -0.15) is 4.98 Å². The molecule has 2 aliphatic carbocycles. The summed E-state index contributed by atoms with van der Waals surface area (Å²) in [6.07, 6.45) is 12.4. The number of aliphatic imine (C=N–C) groups is 2. The van der Waals surface area contributed by atoms with Crippen LogP contribution in [0.25, 0.3) is 0 Å². The lowest BCUT2D eigenvalue weighted by atomic mass is 9.88. The van der Waals surface area contributed by atoms with Gasteiger partial charge in [0.25, 0.3) is 0 Å². The summed E-state index contributed by atoms with van der Waals surface area (Å²) in [6, 6.07) is -0.351. The van der Waals surface area contributed by atoms with Crippen LogP contribution >= 0.6 is 0 Å². The van der Waals surface area contributed by atoms with Gasteiger partial charge in [-0.05, 0) is 45.4 Å². The minimum Gasteiger partial charge on any atom is -0.370 e. The van der Waals surface area contributed by atoms with Crippen molar-refractivity contribution in [3.8, 4) is 0 Å². The Kier molecular flexibility index (Phi) is 13.7. The molecule has 2 heterocycles. The molecule has 1 aliphatic heterocycles. The van der Waals surface area contributed by atoms with Crippen LogP contribution in [-0.4, -0.2) is 78.2 Å². The zero-order valence-electron chi connectivity index (χ0n) is 27.9. The highest BCUT2D eigenvalue weighted by Gasteiger charge is 2.39. The van der Waals surface area contributed by atoms with Crippen molar-refractivity contribution in [2.24, 2.45) is 44.8 Å². The Morgan fingerprint density at radius 2 is 1.47 bits per heavy atom. The number of nitrogens with two attached hydrogens (primary N) is 4. The van der Waals surface area contributed by atoms with Crippen molar-refractivity contribution in [3.63, 3.8) is 0 Å². The smallest absolute Gasteiger partial charge is 0.351 e. The lowest BCUT2D eigenvalue weighted by Crippen LogP contribution is -2.48. The van der Waals surface area contributed by atoms with Crippen LogP contribution in [0.2, 0.25) is 0 Å². The third kappa shape index (κ3) is 10.8. The molecule has 2 amide bonds. The fourth-order valence-corrected chi connectivity index (χ4v) is 6.97. The molecule has 0 radical (unpaired) electrons. The highest BCUT2D eigenvalue weighted by atomic mass is 16.5. The van der Waals surface area contributed by atoms with E-state index in [0.717, 1.165) is 63.4 Å². The number of rotatable bonds is 15. The van der Waals surface area contributed by atoms with Crippen LogP contribution in [0, 0.1) is 18.8 Å². The largest absolute Gasteiger partial charge is 0.370 e. The number of carbonyl (C=O) groups excluding carboxylic acids is 2. The maximum atomic E-state index is 13.6. The number of nitrogens with one attached hydrogen (secondary N) is 2. The molecular formula is C32H55N11O4. The first-order valence-corrected chi connectivity index (χ1v) is 17.3. The molecule has 4 rings (SSSR count). The number of carbonyl (C=O) groups is 2. The SMILES string of the molecule is Cc1cn([C@H]2C[C@H](NC(=O)C3CCCCC3)[C@@H](CNC(=O)C3CCCCC3)O2)c(=O)nc1N(CCCN=C(N)N)CCCN=C(N)N. The third-order valence-corrected chi connectivity index (χ3v) is 9.47. The predicted octanol–water partition coefficient (Wildman–Crippen LogP) is 0.734. The summed E-state index contributed by atoms with van der Waals surface area (Å²) >= 11 is 0. The highest BCUT2D eigenvalue weighted by Crippen LogP contribution is 2.31. The summed E-state index contributed by atoms with van der Waals surface area (Å²) < 4.78 is 7.93. The molecule has 262 valence electrons. The first-order chi connectivity index (χ1) is 22.6. The van der Waals surface area contributed by atoms with E-state index in [-0.39, 0.29) is 48.2 Å². The molecule has 0 bridgehead atoms.